The van der Waals surface area contributed by atoms with Crippen LogP contribution in [0.2, 0.25) is 0 Å². The third-order valence-electron chi connectivity index (χ3n) is 2.61. The Hall–Kier alpha value is -0.470. The molecule has 1 N–H and O–H groups in total. The second-order valence-electron chi connectivity index (χ2n) is 4.47. The monoisotopic (exact) mass is 208 g/mol. The van der Waals surface area contributed by atoms with Crippen molar-refractivity contribution >= 4 is 11.8 Å². The van der Waals surface area contributed by atoms with Gasteiger partial charge in [-0.3, -0.25) is 0 Å². The van der Waals surface area contributed by atoms with Crippen LogP contribution in [0.5, 0.6) is 0 Å². The van der Waals surface area contributed by atoms with Crippen molar-refractivity contribution in [2.24, 2.45) is 0 Å². The summed E-state index contributed by atoms with van der Waals surface area (Å²) in [6.07, 6.45) is 1.08. The average molecular weight is 208 g/mol. The number of aliphatic hydroxyl groups is 1. The van der Waals surface area contributed by atoms with Crippen molar-refractivity contribution in [2.75, 3.05) is 0 Å². The summed E-state index contributed by atoms with van der Waals surface area (Å²) >= 11 is 1.91. The number of thioether (sulfide) groups is 1. The van der Waals surface area contributed by atoms with Crippen LogP contribution in [0.15, 0.2) is 23.1 Å². The summed E-state index contributed by atoms with van der Waals surface area (Å²) in [5.41, 5.74) is 1.72. The summed E-state index contributed by atoms with van der Waals surface area (Å²) in [5, 5.41) is 10.7. The van der Waals surface area contributed by atoms with Gasteiger partial charge in [-0.1, -0.05) is 19.1 Å². The van der Waals surface area contributed by atoms with Crippen LogP contribution in [0.4, 0.5) is 0 Å². The van der Waals surface area contributed by atoms with E-state index < -0.39 is 5.60 Å². The summed E-state index contributed by atoms with van der Waals surface area (Å²) in [5.74, 6) is 0. The van der Waals surface area contributed by atoms with Crippen molar-refractivity contribution in [2.45, 2.75) is 42.9 Å². The van der Waals surface area contributed by atoms with E-state index in [1.807, 2.05) is 37.7 Å². The molecule has 1 aromatic rings. The van der Waals surface area contributed by atoms with Gasteiger partial charge in [-0.05, 0) is 37.5 Å². The summed E-state index contributed by atoms with van der Waals surface area (Å²) < 4.78 is 0. The van der Waals surface area contributed by atoms with Crippen LogP contribution in [-0.4, -0.2) is 10.4 Å². The Morgan fingerprint density at radius 1 is 1.43 bits per heavy atom. The summed E-state index contributed by atoms with van der Waals surface area (Å²) in [4.78, 5) is 1.34. The van der Waals surface area contributed by atoms with Crippen LogP contribution in [0.3, 0.4) is 0 Å². The molecule has 0 bridgehead atoms. The quantitative estimate of drug-likeness (QED) is 0.765. The maximum atomic E-state index is 10.0. The molecular formula is C12H16OS. The number of hydrogen-bond donors (Lipinski definition) is 1. The van der Waals surface area contributed by atoms with E-state index in [9.17, 15) is 5.11 Å². The minimum Gasteiger partial charge on any atom is -0.386 e. The molecule has 1 unspecified atom stereocenters. The van der Waals surface area contributed by atoms with Crippen molar-refractivity contribution in [3.8, 4) is 0 Å². The van der Waals surface area contributed by atoms with E-state index in [4.69, 9.17) is 0 Å². The van der Waals surface area contributed by atoms with E-state index in [-0.39, 0.29) is 0 Å². The van der Waals surface area contributed by atoms with E-state index in [0.717, 1.165) is 12.0 Å². The first kappa shape index (κ1) is 10.1. The van der Waals surface area contributed by atoms with Gasteiger partial charge in [-0.2, -0.15) is 0 Å². The van der Waals surface area contributed by atoms with Crippen LogP contribution in [0.25, 0.3) is 0 Å². The highest BCUT2D eigenvalue weighted by atomic mass is 32.2. The fourth-order valence-corrected chi connectivity index (χ4v) is 3.18. The van der Waals surface area contributed by atoms with Crippen molar-refractivity contribution in [3.05, 3.63) is 29.3 Å². The second kappa shape index (κ2) is 3.28. The molecule has 76 valence electrons. The lowest BCUT2D eigenvalue weighted by Crippen LogP contribution is -2.18. The molecule has 0 aliphatic carbocycles. The van der Waals surface area contributed by atoms with Crippen molar-refractivity contribution in [1.29, 1.82) is 0 Å². The van der Waals surface area contributed by atoms with Crippen molar-refractivity contribution < 1.29 is 5.11 Å². The number of fused-ring (bicyclic) bond motifs is 1. The molecule has 1 heterocycles. The summed E-state index contributed by atoms with van der Waals surface area (Å²) in [7, 11) is 0. The molecule has 0 fully saturated rings. The van der Waals surface area contributed by atoms with Gasteiger partial charge in [0.2, 0.25) is 0 Å². The highest BCUT2D eigenvalue weighted by Gasteiger charge is 2.27. The van der Waals surface area contributed by atoms with Crippen LogP contribution in [-0.2, 0) is 12.0 Å². The van der Waals surface area contributed by atoms with Crippen LogP contribution in [0.1, 0.15) is 31.9 Å². The van der Waals surface area contributed by atoms with E-state index in [2.05, 4.69) is 13.0 Å². The van der Waals surface area contributed by atoms with Gasteiger partial charge in [0.05, 0.1) is 5.60 Å². The first-order valence-electron chi connectivity index (χ1n) is 5.00. The van der Waals surface area contributed by atoms with Gasteiger partial charge < -0.3 is 5.11 Å². The van der Waals surface area contributed by atoms with Crippen LogP contribution in [0, 0.1) is 0 Å². The lowest BCUT2D eigenvalue weighted by atomic mass is 9.91. The van der Waals surface area contributed by atoms with E-state index in [1.54, 1.807) is 0 Å². The van der Waals surface area contributed by atoms with Gasteiger partial charge >= 0.3 is 0 Å². The second-order valence-corrected chi connectivity index (χ2v) is 5.95. The fourth-order valence-electron chi connectivity index (χ4n) is 2.01. The minimum absolute atomic E-state index is 0.647. The van der Waals surface area contributed by atoms with E-state index >= 15 is 0 Å². The van der Waals surface area contributed by atoms with E-state index in [1.165, 1.54) is 10.5 Å². The van der Waals surface area contributed by atoms with Gasteiger partial charge in [0.15, 0.2) is 0 Å². The highest BCUT2D eigenvalue weighted by molar-refractivity contribution is 8.00. The maximum Gasteiger partial charge on any atom is 0.0843 e. The third-order valence-corrected chi connectivity index (χ3v) is 3.82. The molecule has 1 nitrogen and oxygen atoms in total. The zero-order chi connectivity index (χ0) is 10.3. The van der Waals surface area contributed by atoms with Gasteiger partial charge in [0.1, 0.15) is 0 Å². The Morgan fingerprint density at radius 3 is 2.79 bits per heavy atom. The SMILES string of the molecule is CC1Cc2c(cccc2C(C)(C)O)S1. The largest absolute Gasteiger partial charge is 0.386 e. The highest BCUT2D eigenvalue weighted by Crippen LogP contribution is 2.41. The molecule has 0 aromatic heterocycles. The van der Waals surface area contributed by atoms with Crippen LogP contribution >= 0.6 is 11.8 Å². The zero-order valence-electron chi connectivity index (χ0n) is 8.87. The fraction of sp³-hybridized carbons (Fsp3) is 0.500. The maximum absolute atomic E-state index is 10.0. The van der Waals surface area contributed by atoms with Crippen LogP contribution < -0.4 is 0 Å². The standard InChI is InChI=1S/C12H16OS/c1-8-7-9-10(12(2,3)13)5-4-6-11(9)14-8/h4-6,8,13H,7H2,1-3H3. The first-order valence-corrected chi connectivity index (χ1v) is 5.88. The molecule has 1 aromatic carbocycles. The molecule has 0 spiro atoms. The Morgan fingerprint density at radius 2 is 2.14 bits per heavy atom. The molecule has 1 aliphatic heterocycles. The van der Waals surface area contributed by atoms with Crippen molar-refractivity contribution in [1.82, 2.24) is 0 Å². The third kappa shape index (κ3) is 1.69. The molecular weight excluding hydrogens is 192 g/mol. The number of hydrogen-bond acceptors (Lipinski definition) is 2. The smallest absolute Gasteiger partial charge is 0.0843 e. The summed E-state index contributed by atoms with van der Waals surface area (Å²) in [6.45, 7) is 5.95. The average Bonchev–Trinajstić information content (AvgIpc) is 2.41. The van der Waals surface area contributed by atoms with Gasteiger partial charge in [-0.25, -0.2) is 0 Å². The molecule has 14 heavy (non-hydrogen) atoms. The number of rotatable bonds is 1. The zero-order valence-corrected chi connectivity index (χ0v) is 9.69. The lowest BCUT2D eigenvalue weighted by molar-refractivity contribution is 0.0774. The lowest BCUT2D eigenvalue weighted by Gasteiger charge is -2.21. The Labute approximate surface area is 89.5 Å². The molecule has 2 rings (SSSR count). The molecule has 0 saturated carbocycles. The topological polar surface area (TPSA) is 20.2 Å². The molecule has 1 aliphatic rings. The number of benzene rings is 1. The Balaban J connectivity index is 2.50. The van der Waals surface area contributed by atoms with E-state index in [0.29, 0.717) is 5.25 Å². The van der Waals surface area contributed by atoms with Gasteiger partial charge in [0.25, 0.3) is 0 Å². The molecule has 2 heteroatoms. The Kier molecular flexibility index (Phi) is 2.36. The van der Waals surface area contributed by atoms with Gasteiger partial charge in [-0.15, -0.1) is 11.8 Å². The molecule has 0 amide bonds. The Bertz CT molecular complexity index is 352. The normalized spacial score (nSPS) is 21.0. The molecule has 0 saturated heterocycles. The van der Waals surface area contributed by atoms with Gasteiger partial charge in [0, 0.05) is 10.1 Å². The van der Waals surface area contributed by atoms with Crippen molar-refractivity contribution in [3.63, 3.8) is 0 Å². The predicted molar refractivity (Wildman–Crippen MR) is 60.7 cm³/mol. The first-order chi connectivity index (χ1) is 6.48. The summed E-state index contributed by atoms with van der Waals surface area (Å²) in [6, 6.07) is 6.23. The minimum atomic E-state index is -0.712. The molecule has 0 radical (unpaired) electrons. The predicted octanol–water partition coefficient (Wildman–Crippen LogP) is 2.95. The molecule has 1 atom stereocenters.